The Morgan fingerprint density at radius 2 is 1.81 bits per heavy atom. The predicted molar refractivity (Wildman–Crippen MR) is 68.5 cm³/mol. The van der Waals surface area contributed by atoms with Gasteiger partial charge in [0, 0.05) is 6.54 Å². The van der Waals surface area contributed by atoms with Crippen LogP contribution in [0.25, 0.3) is 0 Å². The number of hydrogen-bond acceptors (Lipinski definition) is 4. The van der Waals surface area contributed by atoms with Crippen molar-refractivity contribution in [2.24, 2.45) is 0 Å². The number of amides is 3. The molecule has 0 unspecified atom stereocenters. The molecular weight excluding hydrogens is 286 g/mol. The average molecular weight is 300 g/mol. The summed E-state index contributed by atoms with van der Waals surface area (Å²) >= 11 is 0. The van der Waals surface area contributed by atoms with E-state index >= 15 is 0 Å². The number of halogens is 2. The van der Waals surface area contributed by atoms with E-state index < -0.39 is 41.7 Å². The normalized spacial score (nSPS) is 9.86. The summed E-state index contributed by atoms with van der Waals surface area (Å²) in [5, 5.41) is 4.27. The van der Waals surface area contributed by atoms with Gasteiger partial charge in [-0.3, -0.25) is 10.1 Å². The summed E-state index contributed by atoms with van der Waals surface area (Å²) < 4.78 is 31.0. The molecule has 0 heterocycles. The van der Waals surface area contributed by atoms with Gasteiger partial charge in [-0.05, 0) is 18.6 Å². The lowest BCUT2D eigenvalue weighted by atomic mass is 10.2. The molecule has 21 heavy (non-hydrogen) atoms. The van der Waals surface area contributed by atoms with Gasteiger partial charge in [0.2, 0.25) is 0 Å². The number of carbonyl (C=O) groups is 3. The molecule has 1 aromatic rings. The fourth-order valence-electron chi connectivity index (χ4n) is 1.34. The molecule has 0 bridgehead atoms. The number of ether oxygens (including phenoxy) is 1. The number of urea groups is 1. The Hall–Kier alpha value is -2.51. The first kappa shape index (κ1) is 16.5. The van der Waals surface area contributed by atoms with Crippen LogP contribution < -0.4 is 10.6 Å². The third-order valence-corrected chi connectivity index (χ3v) is 2.29. The topological polar surface area (TPSA) is 84.5 Å². The third-order valence-electron chi connectivity index (χ3n) is 2.29. The van der Waals surface area contributed by atoms with Crippen molar-refractivity contribution in [1.82, 2.24) is 10.6 Å². The van der Waals surface area contributed by atoms with Gasteiger partial charge in [-0.15, -0.1) is 0 Å². The van der Waals surface area contributed by atoms with Crippen LogP contribution in [-0.4, -0.2) is 31.1 Å². The van der Waals surface area contributed by atoms with E-state index in [2.05, 4.69) is 10.1 Å². The maximum Gasteiger partial charge on any atom is 0.344 e. The first-order valence-electron chi connectivity index (χ1n) is 6.14. The second-order valence-electron chi connectivity index (χ2n) is 3.98. The minimum absolute atomic E-state index is 0.374. The first-order valence-corrected chi connectivity index (χ1v) is 6.14. The number of rotatable bonds is 5. The molecule has 0 aliphatic heterocycles. The molecule has 0 atom stereocenters. The van der Waals surface area contributed by atoms with E-state index in [9.17, 15) is 23.2 Å². The number of nitrogens with one attached hydrogen (secondary N) is 2. The zero-order valence-corrected chi connectivity index (χ0v) is 11.2. The van der Waals surface area contributed by atoms with Crippen LogP contribution in [0.2, 0.25) is 0 Å². The van der Waals surface area contributed by atoms with Crippen molar-refractivity contribution >= 4 is 17.9 Å². The molecule has 0 radical (unpaired) electrons. The van der Waals surface area contributed by atoms with E-state index in [1.165, 1.54) is 0 Å². The molecule has 0 aromatic heterocycles. The molecule has 1 rings (SSSR count). The molecule has 0 aliphatic carbocycles. The molecule has 0 aliphatic rings. The van der Waals surface area contributed by atoms with E-state index in [-0.39, 0.29) is 0 Å². The van der Waals surface area contributed by atoms with Crippen molar-refractivity contribution in [3.05, 3.63) is 35.4 Å². The van der Waals surface area contributed by atoms with Gasteiger partial charge in [-0.1, -0.05) is 13.0 Å². The van der Waals surface area contributed by atoms with Crippen molar-refractivity contribution in [3.63, 3.8) is 0 Å². The smallest absolute Gasteiger partial charge is 0.344 e. The zero-order valence-electron chi connectivity index (χ0n) is 11.2. The summed E-state index contributed by atoms with van der Waals surface area (Å²) in [6.07, 6.45) is 0.684. The number of benzene rings is 1. The quantitative estimate of drug-likeness (QED) is 0.804. The lowest BCUT2D eigenvalue weighted by molar-refractivity contribution is -0.123. The highest BCUT2D eigenvalue weighted by Crippen LogP contribution is 2.13. The Bertz CT molecular complexity index is 529. The van der Waals surface area contributed by atoms with Crippen molar-refractivity contribution < 1.29 is 27.9 Å². The average Bonchev–Trinajstić information content (AvgIpc) is 2.42. The van der Waals surface area contributed by atoms with Gasteiger partial charge < -0.3 is 10.1 Å². The number of imide groups is 1. The summed E-state index contributed by atoms with van der Waals surface area (Å²) in [4.78, 5) is 33.9. The summed E-state index contributed by atoms with van der Waals surface area (Å²) in [6, 6.07) is 2.12. The van der Waals surface area contributed by atoms with Crippen LogP contribution in [0, 0.1) is 11.6 Å². The molecule has 0 saturated carbocycles. The minimum Gasteiger partial charge on any atom is -0.452 e. The van der Waals surface area contributed by atoms with Crippen LogP contribution in [-0.2, 0) is 9.53 Å². The fraction of sp³-hybridized carbons (Fsp3) is 0.308. The van der Waals surface area contributed by atoms with Gasteiger partial charge in [0.1, 0.15) is 17.2 Å². The molecule has 0 saturated heterocycles. The van der Waals surface area contributed by atoms with E-state index in [0.29, 0.717) is 13.0 Å². The Labute approximate surface area is 119 Å². The summed E-state index contributed by atoms with van der Waals surface area (Å²) in [5.41, 5.74) is -0.888. The molecule has 0 spiro atoms. The molecule has 0 fully saturated rings. The minimum atomic E-state index is -1.32. The van der Waals surface area contributed by atoms with Crippen LogP contribution in [0.3, 0.4) is 0 Å². The Morgan fingerprint density at radius 1 is 1.19 bits per heavy atom. The maximum absolute atomic E-state index is 13.3. The second-order valence-corrected chi connectivity index (χ2v) is 3.98. The Balaban J connectivity index is 2.50. The van der Waals surface area contributed by atoms with Crippen LogP contribution in [0.15, 0.2) is 18.2 Å². The number of hydrogen-bond donors (Lipinski definition) is 2. The predicted octanol–water partition coefficient (Wildman–Crippen LogP) is 1.36. The number of carbonyl (C=O) groups excluding carboxylic acids is 3. The molecular formula is C13H14F2N2O4. The Kier molecular flexibility index (Phi) is 6.25. The lowest BCUT2D eigenvalue weighted by Crippen LogP contribution is -2.41. The zero-order chi connectivity index (χ0) is 15.8. The largest absolute Gasteiger partial charge is 0.452 e. The highest BCUT2D eigenvalue weighted by molar-refractivity contribution is 5.97. The van der Waals surface area contributed by atoms with Gasteiger partial charge in [-0.25, -0.2) is 18.4 Å². The lowest BCUT2D eigenvalue weighted by Gasteiger charge is -2.07. The molecule has 114 valence electrons. The van der Waals surface area contributed by atoms with Crippen molar-refractivity contribution in [2.45, 2.75) is 13.3 Å². The summed E-state index contributed by atoms with van der Waals surface area (Å²) in [7, 11) is 0. The maximum atomic E-state index is 13.3. The molecule has 8 heteroatoms. The first-order chi connectivity index (χ1) is 9.95. The molecule has 2 N–H and O–H groups in total. The monoisotopic (exact) mass is 300 g/mol. The SMILES string of the molecule is CCCNC(=O)NC(=O)COC(=O)c1c(F)cccc1F. The van der Waals surface area contributed by atoms with Gasteiger partial charge in [0.05, 0.1) is 0 Å². The molecule has 1 aromatic carbocycles. The van der Waals surface area contributed by atoms with Crippen LogP contribution in [0.4, 0.5) is 13.6 Å². The summed E-state index contributed by atoms with van der Waals surface area (Å²) in [5.74, 6) is -4.43. The van der Waals surface area contributed by atoms with Gasteiger partial charge in [0.15, 0.2) is 6.61 Å². The number of esters is 1. The summed E-state index contributed by atoms with van der Waals surface area (Å²) in [6.45, 7) is 1.37. The van der Waals surface area contributed by atoms with Gasteiger partial charge >= 0.3 is 12.0 Å². The van der Waals surface area contributed by atoms with Crippen LogP contribution >= 0.6 is 0 Å². The fourth-order valence-corrected chi connectivity index (χ4v) is 1.34. The van der Waals surface area contributed by atoms with E-state index in [4.69, 9.17) is 0 Å². The van der Waals surface area contributed by atoms with Crippen molar-refractivity contribution in [2.75, 3.05) is 13.2 Å². The molecule has 6 nitrogen and oxygen atoms in total. The Morgan fingerprint density at radius 3 is 2.38 bits per heavy atom. The van der Waals surface area contributed by atoms with Crippen molar-refractivity contribution in [1.29, 1.82) is 0 Å². The van der Waals surface area contributed by atoms with Crippen molar-refractivity contribution in [3.8, 4) is 0 Å². The standard InChI is InChI=1S/C13H14F2N2O4/c1-2-6-16-13(20)17-10(18)7-21-12(19)11-8(14)4-3-5-9(11)15/h3-5H,2,6-7H2,1H3,(H2,16,17,18,20). The van der Waals surface area contributed by atoms with Gasteiger partial charge in [-0.2, -0.15) is 0 Å². The highest BCUT2D eigenvalue weighted by Gasteiger charge is 2.19. The van der Waals surface area contributed by atoms with Crippen LogP contribution in [0.5, 0.6) is 0 Å². The highest BCUT2D eigenvalue weighted by atomic mass is 19.1. The van der Waals surface area contributed by atoms with E-state index in [1.54, 1.807) is 0 Å². The van der Waals surface area contributed by atoms with E-state index in [0.717, 1.165) is 18.2 Å². The van der Waals surface area contributed by atoms with Crippen LogP contribution in [0.1, 0.15) is 23.7 Å². The van der Waals surface area contributed by atoms with E-state index in [1.807, 2.05) is 12.2 Å². The second kappa shape index (κ2) is 7.93. The molecule has 3 amide bonds. The third kappa shape index (κ3) is 5.17. The van der Waals surface area contributed by atoms with Gasteiger partial charge in [0.25, 0.3) is 5.91 Å².